The van der Waals surface area contributed by atoms with Crippen molar-refractivity contribution in [2.45, 2.75) is 25.7 Å². The molecule has 0 aromatic rings. The largest absolute Gasteiger partial charge is 0.405 e. The zero-order valence-corrected chi connectivity index (χ0v) is 8.91. The van der Waals surface area contributed by atoms with Crippen molar-refractivity contribution in [2.24, 2.45) is 5.73 Å². The van der Waals surface area contributed by atoms with Crippen molar-refractivity contribution in [3.63, 3.8) is 0 Å². The molecule has 0 atom stereocenters. The van der Waals surface area contributed by atoms with E-state index in [9.17, 15) is 0 Å². The van der Waals surface area contributed by atoms with Gasteiger partial charge in [0.2, 0.25) is 0 Å². The molecule has 0 saturated heterocycles. The molecular weight excluding hydrogens is 172 g/mol. The lowest BCUT2D eigenvalue weighted by Crippen LogP contribution is -2.15. The van der Waals surface area contributed by atoms with Crippen LogP contribution in [0.3, 0.4) is 0 Å². The third-order valence-electron chi connectivity index (χ3n) is 1.82. The summed E-state index contributed by atoms with van der Waals surface area (Å²) in [7, 11) is 0. The van der Waals surface area contributed by atoms with Crippen LogP contribution in [0.1, 0.15) is 25.7 Å². The Bertz CT molecular complexity index is 171. The van der Waals surface area contributed by atoms with Crippen LogP contribution in [-0.2, 0) is 0 Å². The van der Waals surface area contributed by atoms with Gasteiger partial charge in [-0.15, -0.1) is 6.58 Å². The normalized spacial score (nSPS) is 11.4. The number of allylic oxidation sites excluding steroid dienone is 3. The zero-order valence-electron chi connectivity index (χ0n) is 8.91. The van der Waals surface area contributed by atoms with Gasteiger partial charge in [-0.25, -0.2) is 0 Å². The number of nitrogens with one attached hydrogen (secondary N) is 1. The smallest absolute Gasteiger partial charge is 0.00144 e. The van der Waals surface area contributed by atoms with E-state index in [2.05, 4.69) is 24.0 Å². The van der Waals surface area contributed by atoms with Crippen LogP contribution in [0.2, 0.25) is 0 Å². The molecule has 0 aliphatic rings. The molecule has 80 valence electrons. The molecule has 0 aliphatic carbocycles. The minimum atomic E-state index is 0.945. The Morgan fingerprint density at radius 3 is 2.64 bits per heavy atom. The molecule has 0 rings (SSSR count). The first kappa shape index (κ1) is 13.0. The molecular formula is C12H22N2. The summed E-state index contributed by atoms with van der Waals surface area (Å²) in [5, 5.41) is 3.35. The Balaban J connectivity index is 3.04. The average molecular weight is 194 g/mol. The maximum Gasteiger partial charge on any atom is -0.00144 e. The van der Waals surface area contributed by atoms with E-state index in [0.717, 1.165) is 32.4 Å². The molecule has 0 saturated carbocycles. The highest BCUT2D eigenvalue weighted by molar-refractivity contribution is 4.90. The van der Waals surface area contributed by atoms with E-state index in [4.69, 9.17) is 5.73 Å². The molecule has 0 unspecified atom stereocenters. The summed E-state index contributed by atoms with van der Waals surface area (Å²) < 4.78 is 0. The van der Waals surface area contributed by atoms with Gasteiger partial charge in [-0.2, -0.15) is 0 Å². The molecule has 2 heteroatoms. The van der Waals surface area contributed by atoms with Crippen LogP contribution >= 0.6 is 0 Å². The number of hydrogen-bond donors (Lipinski definition) is 2. The molecule has 0 heterocycles. The van der Waals surface area contributed by atoms with Crippen LogP contribution in [0.4, 0.5) is 0 Å². The standard InChI is InChI=1S/C12H22N2/c1-2-3-11-14-12-9-7-5-4-6-8-10-13/h2,4-5,8,10,14H,1,3,6-7,9,11-13H2/b5-4-,10-8-. The van der Waals surface area contributed by atoms with E-state index < -0.39 is 0 Å². The van der Waals surface area contributed by atoms with Crippen LogP contribution < -0.4 is 11.1 Å². The fourth-order valence-corrected chi connectivity index (χ4v) is 1.05. The van der Waals surface area contributed by atoms with Crippen molar-refractivity contribution in [1.29, 1.82) is 0 Å². The monoisotopic (exact) mass is 194 g/mol. The second-order valence-electron chi connectivity index (χ2n) is 3.10. The van der Waals surface area contributed by atoms with Crippen LogP contribution in [0.15, 0.2) is 37.1 Å². The maximum absolute atomic E-state index is 5.20. The van der Waals surface area contributed by atoms with Crippen LogP contribution in [0, 0.1) is 0 Å². The van der Waals surface area contributed by atoms with E-state index in [1.807, 2.05) is 12.2 Å². The Kier molecular flexibility index (Phi) is 11.1. The second-order valence-corrected chi connectivity index (χ2v) is 3.10. The Morgan fingerprint density at radius 1 is 1.07 bits per heavy atom. The van der Waals surface area contributed by atoms with Gasteiger partial charge in [0.25, 0.3) is 0 Å². The van der Waals surface area contributed by atoms with Crippen molar-refractivity contribution >= 4 is 0 Å². The van der Waals surface area contributed by atoms with E-state index >= 15 is 0 Å². The quantitative estimate of drug-likeness (QED) is 0.437. The fourth-order valence-electron chi connectivity index (χ4n) is 1.05. The van der Waals surface area contributed by atoms with Gasteiger partial charge in [0.05, 0.1) is 0 Å². The molecule has 0 fully saturated rings. The molecule has 0 amide bonds. The van der Waals surface area contributed by atoms with Crippen molar-refractivity contribution < 1.29 is 0 Å². The molecule has 14 heavy (non-hydrogen) atoms. The highest BCUT2D eigenvalue weighted by Gasteiger charge is 1.84. The molecule has 2 nitrogen and oxygen atoms in total. The summed E-state index contributed by atoms with van der Waals surface area (Å²) >= 11 is 0. The Hall–Kier alpha value is -1.02. The topological polar surface area (TPSA) is 38.0 Å². The molecule has 0 aliphatic heterocycles. The molecule has 0 aromatic carbocycles. The van der Waals surface area contributed by atoms with E-state index in [0.29, 0.717) is 0 Å². The summed E-state index contributed by atoms with van der Waals surface area (Å²) in [6.07, 6.45) is 14.1. The highest BCUT2D eigenvalue weighted by Crippen LogP contribution is 1.92. The highest BCUT2D eigenvalue weighted by atomic mass is 14.8. The summed E-state index contributed by atoms with van der Waals surface area (Å²) in [6, 6.07) is 0. The van der Waals surface area contributed by atoms with Crippen molar-refractivity contribution in [3.8, 4) is 0 Å². The molecule has 0 aromatic heterocycles. The first-order chi connectivity index (χ1) is 6.91. The minimum absolute atomic E-state index is 0.945. The van der Waals surface area contributed by atoms with Crippen molar-refractivity contribution in [1.82, 2.24) is 5.32 Å². The Labute approximate surface area is 87.6 Å². The summed E-state index contributed by atoms with van der Waals surface area (Å²) in [5.41, 5.74) is 5.20. The lowest BCUT2D eigenvalue weighted by Gasteiger charge is -1.99. The van der Waals surface area contributed by atoms with Gasteiger partial charge in [-0.1, -0.05) is 24.3 Å². The van der Waals surface area contributed by atoms with Crippen molar-refractivity contribution in [2.75, 3.05) is 13.1 Å². The van der Waals surface area contributed by atoms with Gasteiger partial charge in [-0.05, 0) is 45.0 Å². The summed E-state index contributed by atoms with van der Waals surface area (Å²) in [5.74, 6) is 0. The zero-order chi connectivity index (χ0) is 10.5. The third kappa shape index (κ3) is 11.0. The predicted octanol–water partition coefficient (Wildman–Crippen LogP) is 2.35. The van der Waals surface area contributed by atoms with Crippen LogP contribution in [0.25, 0.3) is 0 Å². The first-order valence-electron chi connectivity index (χ1n) is 5.25. The lowest BCUT2D eigenvalue weighted by atomic mass is 10.2. The number of hydrogen-bond acceptors (Lipinski definition) is 2. The number of rotatable bonds is 9. The minimum Gasteiger partial charge on any atom is -0.405 e. The van der Waals surface area contributed by atoms with Gasteiger partial charge in [0.1, 0.15) is 0 Å². The predicted molar refractivity (Wildman–Crippen MR) is 64.0 cm³/mol. The van der Waals surface area contributed by atoms with Crippen LogP contribution in [0.5, 0.6) is 0 Å². The fraction of sp³-hybridized carbons (Fsp3) is 0.500. The van der Waals surface area contributed by atoms with E-state index in [1.165, 1.54) is 6.42 Å². The average Bonchev–Trinajstić information content (AvgIpc) is 2.21. The van der Waals surface area contributed by atoms with Gasteiger partial charge in [0, 0.05) is 0 Å². The molecule has 0 bridgehead atoms. The van der Waals surface area contributed by atoms with E-state index in [-0.39, 0.29) is 0 Å². The lowest BCUT2D eigenvalue weighted by molar-refractivity contribution is 0.658. The van der Waals surface area contributed by atoms with Gasteiger partial charge >= 0.3 is 0 Å². The molecule has 3 N–H and O–H groups in total. The van der Waals surface area contributed by atoms with Crippen molar-refractivity contribution in [3.05, 3.63) is 37.1 Å². The molecule has 0 radical (unpaired) electrons. The SMILES string of the molecule is C=CCCNCCC/C=C\C/C=C\N. The first-order valence-corrected chi connectivity index (χ1v) is 5.25. The van der Waals surface area contributed by atoms with Gasteiger partial charge in [-0.3, -0.25) is 0 Å². The second kappa shape index (κ2) is 12.0. The third-order valence-corrected chi connectivity index (χ3v) is 1.82. The van der Waals surface area contributed by atoms with Crippen LogP contribution in [-0.4, -0.2) is 13.1 Å². The summed E-state index contributed by atoms with van der Waals surface area (Å²) in [6.45, 7) is 5.80. The number of nitrogens with two attached hydrogens (primary N) is 1. The van der Waals surface area contributed by atoms with Gasteiger partial charge < -0.3 is 11.1 Å². The summed E-state index contributed by atoms with van der Waals surface area (Å²) in [4.78, 5) is 0. The Morgan fingerprint density at radius 2 is 1.93 bits per heavy atom. The maximum atomic E-state index is 5.20. The van der Waals surface area contributed by atoms with Gasteiger partial charge in [0.15, 0.2) is 0 Å². The molecule has 0 spiro atoms. The number of unbranched alkanes of at least 4 members (excludes halogenated alkanes) is 1. The van der Waals surface area contributed by atoms with E-state index in [1.54, 1.807) is 6.20 Å².